The van der Waals surface area contributed by atoms with Gasteiger partial charge in [-0.1, -0.05) is 24.3 Å². The maximum atomic E-state index is 13.1. The van der Waals surface area contributed by atoms with Gasteiger partial charge in [-0.2, -0.15) is 0 Å². The summed E-state index contributed by atoms with van der Waals surface area (Å²) < 4.78 is 15.1. The van der Waals surface area contributed by atoms with E-state index in [1.54, 1.807) is 12.1 Å². The Bertz CT molecular complexity index is 795. The van der Waals surface area contributed by atoms with Crippen LogP contribution in [0, 0.1) is 5.82 Å². The molecule has 0 fully saturated rings. The SMILES string of the molecule is CC(NC=O)c1nc2ccccc2n1Cc1ccc(F)cc1. The molecule has 0 bridgehead atoms. The predicted molar refractivity (Wildman–Crippen MR) is 82.8 cm³/mol. The molecule has 1 amide bonds. The van der Waals surface area contributed by atoms with E-state index in [0.717, 1.165) is 22.4 Å². The highest BCUT2D eigenvalue weighted by molar-refractivity contribution is 5.76. The maximum Gasteiger partial charge on any atom is 0.207 e. The van der Waals surface area contributed by atoms with Crippen molar-refractivity contribution in [2.24, 2.45) is 0 Å². The quantitative estimate of drug-likeness (QED) is 0.736. The number of rotatable bonds is 5. The second-order valence-electron chi connectivity index (χ2n) is 5.18. The fourth-order valence-electron chi connectivity index (χ4n) is 2.54. The summed E-state index contributed by atoms with van der Waals surface area (Å²) in [5, 5.41) is 2.73. The van der Waals surface area contributed by atoms with Crippen LogP contribution in [-0.2, 0) is 11.3 Å². The number of imidazole rings is 1. The van der Waals surface area contributed by atoms with Crippen molar-refractivity contribution < 1.29 is 9.18 Å². The van der Waals surface area contributed by atoms with Gasteiger partial charge < -0.3 is 9.88 Å². The first kappa shape index (κ1) is 14.3. The van der Waals surface area contributed by atoms with E-state index in [9.17, 15) is 9.18 Å². The molecule has 0 aliphatic rings. The third-order valence-corrected chi connectivity index (χ3v) is 3.64. The van der Waals surface area contributed by atoms with Crippen LogP contribution in [0.2, 0.25) is 0 Å². The van der Waals surface area contributed by atoms with Crippen molar-refractivity contribution >= 4 is 17.4 Å². The first-order valence-electron chi connectivity index (χ1n) is 7.08. The number of para-hydroxylation sites is 2. The molecule has 3 rings (SSSR count). The molecular weight excluding hydrogens is 281 g/mol. The topological polar surface area (TPSA) is 46.9 Å². The standard InChI is InChI=1S/C17H16FN3O/c1-12(19-11-22)17-20-15-4-2-3-5-16(15)21(17)10-13-6-8-14(18)9-7-13/h2-9,11-12H,10H2,1H3,(H,19,22). The highest BCUT2D eigenvalue weighted by Gasteiger charge is 2.16. The Morgan fingerprint density at radius 3 is 2.68 bits per heavy atom. The van der Waals surface area contributed by atoms with E-state index in [0.29, 0.717) is 13.0 Å². The van der Waals surface area contributed by atoms with Crippen LogP contribution in [0.25, 0.3) is 11.0 Å². The first-order valence-corrected chi connectivity index (χ1v) is 7.08. The lowest BCUT2D eigenvalue weighted by Crippen LogP contribution is -2.20. The summed E-state index contributed by atoms with van der Waals surface area (Å²) in [5.74, 6) is 0.521. The molecule has 1 unspecified atom stereocenters. The van der Waals surface area contributed by atoms with Gasteiger partial charge in [-0.25, -0.2) is 9.37 Å². The second kappa shape index (κ2) is 5.97. The highest BCUT2D eigenvalue weighted by atomic mass is 19.1. The zero-order valence-electron chi connectivity index (χ0n) is 12.2. The van der Waals surface area contributed by atoms with Crippen LogP contribution in [0.5, 0.6) is 0 Å². The highest BCUT2D eigenvalue weighted by Crippen LogP contribution is 2.22. The summed E-state index contributed by atoms with van der Waals surface area (Å²) in [7, 11) is 0. The van der Waals surface area contributed by atoms with E-state index in [1.807, 2.05) is 35.8 Å². The second-order valence-corrected chi connectivity index (χ2v) is 5.18. The number of benzene rings is 2. The number of hydrogen-bond acceptors (Lipinski definition) is 2. The van der Waals surface area contributed by atoms with Crippen molar-refractivity contribution in [3.8, 4) is 0 Å². The molecule has 4 nitrogen and oxygen atoms in total. The number of amides is 1. The van der Waals surface area contributed by atoms with E-state index in [2.05, 4.69) is 10.3 Å². The van der Waals surface area contributed by atoms with Crippen molar-refractivity contribution in [1.29, 1.82) is 0 Å². The number of fused-ring (bicyclic) bond motifs is 1. The van der Waals surface area contributed by atoms with Crippen LogP contribution >= 0.6 is 0 Å². The van der Waals surface area contributed by atoms with Crippen LogP contribution in [0.1, 0.15) is 24.4 Å². The minimum absolute atomic E-state index is 0.203. The number of nitrogens with zero attached hydrogens (tertiary/aromatic N) is 2. The summed E-state index contributed by atoms with van der Waals surface area (Å²) >= 11 is 0. The van der Waals surface area contributed by atoms with Crippen molar-refractivity contribution in [3.05, 3.63) is 65.7 Å². The van der Waals surface area contributed by atoms with Crippen LogP contribution in [0.3, 0.4) is 0 Å². The van der Waals surface area contributed by atoms with E-state index in [4.69, 9.17) is 0 Å². The molecule has 0 spiro atoms. The van der Waals surface area contributed by atoms with Gasteiger partial charge in [-0.15, -0.1) is 0 Å². The zero-order valence-corrected chi connectivity index (χ0v) is 12.2. The van der Waals surface area contributed by atoms with Gasteiger partial charge in [0.05, 0.1) is 17.1 Å². The van der Waals surface area contributed by atoms with Crippen LogP contribution in [-0.4, -0.2) is 16.0 Å². The van der Waals surface area contributed by atoms with E-state index < -0.39 is 0 Å². The van der Waals surface area contributed by atoms with Gasteiger partial charge in [0.15, 0.2) is 0 Å². The fourth-order valence-corrected chi connectivity index (χ4v) is 2.54. The molecular formula is C17H16FN3O. The molecule has 1 heterocycles. The van der Waals surface area contributed by atoms with Gasteiger partial charge in [0.2, 0.25) is 6.41 Å². The lowest BCUT2D eigenvalue weighted by atomic mass is 10.2. The van der Waals surface area contributed by atoms with Crippen molar-refractivity contribution in [2.75, 3.05) is 0 Å². The molecule has 0 aliphatic heterocycles. The van der Waals surface area contributed by atoms with Crippen molar-refractivity contribution in [2.45, 2.75) is 19.5 Å². The Hall–Kier alpha value is -2.69. The summed E-state index contributed by atoms with van der Waals surface area (Å²) in [6.07, 6.45) is 0.673. The molecule has 5 heteroatoms. The third kappa shape index (κ3) is 2.70. The smallest absolute Gasteiger partial charge is 0.207 e. The van der Waals surface area contributed by atoms with Crippen molar-refractivity contribution in [3.63, 3.8) is 0 Å². The molecule has 112 valence electrons. The monoisotopic (exact) mass is 297 g/mol. The third-order valence-electron chi connectivity index (χ3n) is 3.64. The maximum absolute atomic E-state index is 13.1. The largest absolute Gasteiger partial charge is 0.349 e. The Balaban J connectivity index is 2.06. The Morgan fingerprint density at radius 2 is 1.95 bits per heavy atom. The molecule has 0 saturated heterocycles. The normalized spacial score (nSPS) is 12.3. The number of aromatic nitrogens is 2. The summed E-state index contributed by atoms with van der Waals surface area (Å²) in [5.41, 5.74) is 2.84. The lowest BCUT2D eigenvalue weighted by molar-refractivity contribution is -0.110. The molecule has 1 aromatic heterocycles. The average molecular weight is 297 g/mol. The van der Waals surface area contributed by atoms with Crippen LogP contribution in [0.4, 0.5) is 4.39 Å². The Labute approximate surface area is 127 Å². The Morgan fingerprint density at radius 1 is 1.23 bits per heavy atom. The zero-order chi connectivity index (χ0) is 15.5. The van der Waals surface area contributed by atoms with Crippen molar-refractivity contribution in [1.82, 2.24) is 14.9 Å². The number of carbonyl (C=O) groups is 1. The molecule has 22 heavy (non-hydrogen) atoms. The molecule has 0 aliphatic carbocycles. The summed E-state index contributed by atoms with van der Waals surface area (Å²) in [6, 6.07) is 14.0. The van der Waals surface area contributed by atoms with E-state index in [1.165, 1.54) is 12.1 Å². The van der Waals surface area contributed by atoms with E-state index >= 15 is 0 Å². The lowest BCUT2D eigenvalue weighted by Gasteiger charge is -2.14. The summed E-state index contributed by atoms with van der Waals surface area (Å²) in [4.78, 5) is 15.3. The molecule has 3 aromatic rings. The minimum atomic E-state index is -0.254. The number of halogens is 1. The molecule has 1 N–H and O–H groups in total. The minimum Gasteiger partial charge on any atom is -0.349 e. The van der Waals surface area contributed by atoms with Gasteiger partial charge in [0.25, 0.3) is 0 Å². The molecule has 0 radical (unpaired) electrons. The average Bonchev–Trinajstić information content (AvgIpc) is 2.89. The van der Waals surface area contributed by atoms with Gasteiger partial charge >= 0.3 is 0 Å². The fraction of sp³-hybridized carbons (Fsp3) is 0.176. The molecule has 1 atom stereocenters. The van der Waals surface area contributed by atoms with Gasteiger partial charge in [0, 0.05) is 6.54 Å². The van der Waals surface area contributed by atoms with Crippen LogP contribution < -0.4 is 5.32 Å². The van der Waals surface area contributed by atoms with Gasteiger partial charge in [0.1, 0.15) is 11.6 Å². The van der Waals surface area contributed by atoms with Gasteiger partial charge in [-0.05, 0) is 36.8 Å². The van der Waals surface area contributed by atoms with Crippen LogP contribution in [0.15, 0.2) is 48.5 Å². The number of nitrogens with one attached hydrogen (secondary N) is 1. The first-order chi connectivity index (χ1) is 10.7. The van der Waals surface area contributed by atoms with E-state index in [-0.39, 0.29) is 11.9 Å². The number of carbonyl (C=O) groups excluding carboxylic acids is 1. The number of hydrogen-bond donors (Lipinski definition) is 1. The predicted octanol–water partition coefficient (Wildman–Crippen LogP) is 3.03. The molecule has 2 aromatic carbocycles. The summed E-state index contributed by atoms with van der Waals surface area (Å²) in [6.45, 7) is 2.46. The van der Waals surface area contributed by atoms with Gasteiger partial charge in [-0.3, -0.25) is 4.79 Å². The molecule has 0 saturated carbocycles. The Kier molecular flexibility index (Phi) is 3.87.